The Kier molecular flexibility index (Phi) is 6.01. The van der Waals surface area contributed by atoms with Crippen LogP contribution < -0.4 is 16.2 Å². The summed E-state index contributed by atoms with van der Waals surface area (Å²) in [5, 5.41) is 3.82. The second-order valence-corrected chi connectivity index (χ2v) is 5.97. The van der Waals surface area contributed by atoms with Gasteiger partial charge in [0, 0.05) is 12.1 Å². The molecule has 2 rings (SSSR count). The number of carbonyl (C=O) groups is 1. The zero-order chi connectivity index (χ0) is 17.0. The fourth-order valence-electron chi connectivity index (χ4n) is 1.82. The normalized spacial score (nSPS) is 10.1. The summed E-state index contributed by atoms with van der Waals surface area (Å²) in [6.45, 7) is 0. The van der Waals surface area contributed by atoms with Gasteiger partial charge >= 0.3 is 0 Å². The van der Waals surface area contributed by atoms with Crippen molar-refractivity contribution < 1.29 is 4.79 Å². The van der Waals surface area contributed by atoms with Crippen molar-refractivity contribution >= 4 is 58.0 Å². The molecule has 23 heavy (non-hydrogen) atoms. The molecule has 5 nitrogen and oxygen atoms in total. The summed E-state index contributed by atoms with van der Waals surface area (Å²) in [5.41, 5.74) is 6.64. The van der Waals surface area contributed by atoms with E-state index in [9.17, 15) is 4.79 Å². The number of halogens is 3. The first-order valence-electron chi connectivity index (χ1n) is 6.32. The Morgan fingerprint density at radius 3 is 2.35 bits per heavy atom. The van der Waals surface area contributed by atoms with Gasteiger partial charge < -0.3 is 5.32 Å². The van der Waals surface area contributed by atoms with Crippen LogP contribution in [0.15, 0.2) is 30.3 Å². The Morgan fingerprint density at radius 1 is 1.09 bits per heavy atom. The lowest BCUT2D eigenvalue weighted by Gasteiger charge is -2.13. The summed E-state index contributed by atoms with van der Waals surface area (Å²) in [6, 6.07) is 8.13. The number of pyridine rings is 1. The minimum absolute atomic E-state index is 0.225. The topological polar surface area (TPSA) is 66.0 Å². The van der Waals surface area contributed by atoms with Gasteiger partial charge in [-0.05, 0) is 47.6 Å². The largest absolute Gasteiger partial charge is 0.364 e. The molecule has 2 aromatic rings. The zero-order valence-electron chi connectivity index (χ0n) is 11.8. The molecule has 1 aromatic heterocycles. The molecule has 0 aliphatic carbocycles. The van der Waals surface area contributed by atoms with E-state index >= 15 is 0 Å². The molecular formula is C14H11Cl3N4OS. The van der Waals surface area contributed by atoms with Gasteiger partial charge in [-0.25, -0.2) is 4.98 Å². The molecule has 0 saturated carbocycles. The highest BCUT2D eigenvalue weighted by molar-refractivity contribution is 7.80. The van der Waals surface area contributed by atoms with Gasteiger partial charge in [0.2, 0.25) is 0 Å². The van der Waals surface area contributed by atoms with E-state index in [4.69, 9.17) is 47.0 Å². The van der Waals surface area contributed by atoms with E-state index in [1.165, 1.54) is 0 Å². The van der Waals surface area contributed by atoms with E-state index in [1.54, 1.807) is 37.4 Å². The highest BCUT2D eigenvalue weighted by atomic mass is 35.5. The number of amides is 1. The molecule has 3 N–H and O–H groups in total. The second kappa shape index (κ2) is 7.79. The Bertz CT molecular complexity index is 749. The Balaban J connectivity index is 2.41. The third-order valence-electron chi connectivity index (χ3n) is 2.82. The molecule has 1 amide bonds. The van der Waals surface area contributed by atoms with E-state index < -0.39 is 5.91 Å². The maximum absolute atomic E-state index is 12.4. The molecule has 0 atom stereocenters. The van der Waals surface area contributed by atoms with Gasteiger partial charge in [0.25, 0.3) is 5.91 Å². The number of aromatic nitrogens is 1. The molecule has 0 radical (unpaired) electrons. The lowest BCUT2D eigenvalue weighted by molar-refractivity contribution is 0.0944. The van der Waals surface area contributed by atoms with Gasteiger partial charge in [0.1, 0.15) is 10.3 Å². The predicted molar refractivity (Wildman–Crippen MR) is 97.0 cm³/mol. The third kappa shape index (κ3) is 4.68. The third-order valence-corrected chi connectivity index (χ3v) is 3.75. The zero-order valence-corrected chi connectivity index (χ0v) is 14.9. The Hall–Kier alpha value is -1.60. The number of carbonyl (C=O) groups excluding carboxylic acids is 1. The average Bonchev–Trinajstić information content (AvgIpc) is 2.51. The van der Waals surface area contributed by atoms with Crippen LogP contribution in [0, 0.1) is 0 Å². The predicted octanol–water partition coefficient (Wildman–Crippen LogP) is 3.45. The monoisotopic (exact) mass is 388 g/mol. The minimum Gasteiger partial charge on any atom is -0.364 e. The molecule has 0 spiro atoms. The van der Waals surface area contributed by atoms with E-state index in [0.29, 0.717) is 21.7 Å². The quantitative estimate of drug-likeness (QED) is 0.417. The van der Waals surface area contributed by atoms with Crippen LogP contribution >= 0.6 is 47.0 Å². The van der Waals surface area contributed by atoms with Crippen LogP contribution in [-0.2, 0) is 0 Å². The average molecular weight is 390 g/mol. The SMILES string of the molecule is CNC(=S)NNC(=O)c1cc(Cl)ccc1-c1cc(Cl)nc(Cl)c1. The van der Waals surface area contributed by atoms with E-state index in [-0.39, 0.29) is 15.4 Å². The molecule has 0 aliphatic heterocycles. The smallest absolute Gasteiger partial charge is 0.270 e. The number of hydrazine groups is 1. The molecule has 0 unspecified atom stereocenters. The first-order valence-corrected chi connectivity index (χ1v) is 7.86. The molecule has 120 valence electrons. The number of hydrogen-bond acceptors (Lipinski definition) is 3. The van der Waals surface area contributed by atoms with Crippen molar-refractivity contribution in [2.24, 2.45) is 0 Å². The van der Waals surface area contributed by atoms with Gasteiger partial charge in [0.15, 0.2) is 5.11 Å². The maximum Gasteiger partial charge on any atom is 0.270 e. The summed E-state index contributed by atoms with van der Waals surface area (Å²) in [6.07, 6.45) is 0. The van der Waals surface area contributed by atoms with Crippen LogP contribution in [0.3, 0.4) is 0 Å². The maximum atomic E-state index is 12.4. The lowest BCUT2D eigenvalue weighted by atomic mass is 10.0. The highest BCUT2D eigenvalue weighted by Crippen LogP contribution is 2.29. The van der Waals surface area contributed by atoms with Crippen molar-refractivity contribution in [1.29, 1.82) is 0 Å². The molecule has 0 aliphatic rings. The van der Waals surface area contributed by atoms with E-state index in [1.807, 2.05) is 0 Å². The molecule has 0 bridgehead atoms. The van der Waals surface area contributed by atoms with Crippen LogP contribution in [-0.4, -0.2) is 23.1 Å². The Morgan fingerprint density at radius 2 is 1.74 bits per heavy atom. The summed E-state index contributed by atoms with van der Waals surface area (Å²) < 4.78 is 0. The van der Waals surface area contributed by atoms with Crippen molar-refractivity contribution in [3.8, 4) is 11.1 Å². The fraction of sp³-hybridized carbons (Fsp3) is 0.0714. The summed E-state index contributed by atoms with van der Waals surface area (Å²) in [5.74, 6) is -0.413. The van der Waals surface area contributed by atoms with Crippen molar-refractivity contribution in [3.05, 3.63) is 51.2 Å². The molecule has 9 heteroatoms. The minimum atomic E-state index is -0.413. The van der Waals surface area contributed by atoms with Gasteiger partial charge in [-0.2, -0.15) is 0 Å². The van der Waals surface area contributed by atoms with Crippen LogP contribution in [0.4, 0.5) is 0 Å². The first-order chi connectivity index (χ1) is 10.9. The van der Waals surface area contributed by atoms with Crippen LogP contribution in [0.5, 0.6) is 0 Å². The van der Waals surface area contributed by atoms with Crippen molar-refractivity contribution in [2.45, 2.75) is 0 Å². The number of hydrogen-bond donors (Lipinski definition) is 3. The number of benzene rings is 1. The second-order valence-electron chi connectivity index (χ2n) is 4.35. The fourth-order valence-corrected chi connectivity index (χ4v) is 2.50. The van der Waals surface area contributed by atoms with Gasteiger partial charge in [-0.1, -0.05) is 40.9 Å². The lowest BCUT2D eigenvalue weighted by Crippen LogP contribution is -2.45. The number of rotatable bonds is 2. The summed E-state index contributed by atoms with van der Waals surface area (Å²) in [7, 11) is 1.63. The number of thiocarbonyl (C=S) groups is 1. The van der Waals surface area contributed by atoms with Crippen molar-refractivity contribution in [3.63, 3.8) is 0 Å². The number of nitrogens with one attached hydrogen (secondary N) is 3. The van der Waals surface area contributed by atoms with E-state index in [0.717, 1.165) is 0 Å². The van der Waals surface area contributed by atoms with Gasteiger partial charge in [-0.15, -0.1) is 0 Å². The first kappa shape index (κ1) is 17.7. The molecule has 1 heterocycles. The van der Waals surface area contributed by atoms with Crippen molar-refractivity contribution in [1.82, 2.24) is 21.2 Å². The van der Waals surface area contributed by atoms with Crippen LogP contribution in [0.2, 0.25) is 15.3 Å². The molecule has 1 aromatic carbocycles. The molecule has 0 fully saturated rings. The number of nitrogens with zero attached hydrogens (tertiary/aromatic N) is 1. The van der Waals surface area contributed by atoms with Crippen molar-refractivity contribution in [2.75, 3.05) is 7.05 Å². The molecule has 0 saturated heterocycles. The van der Waals surface area contributed by atoms with E-state index in [2.05, 4.69) is 21.2 Å². The standard InChI is InChI=1S/C14H11Cl3N4OS/c1-18-14(23)21-20-13(22)10-6-8(15)2-3-9(10)7-4-11(16)19-12(17)5-7/h2-6H,1H3,(H,20,22)(H2,18,21,23). The highest BCUT2D eigenvalue weighted by Gasteiger charge is 2.15. The van der Waals surface area contributed by atoms with Crippen LogP contribution in [0.1, 0.15) is 10.4 Å². The summed E-state index contributed by atoms with van der Waals surface area (Å²) >= 11 is 22.8. The van der Waals surface area contributed by atoms with Gasteiger partial charge in [-0.3, -0.25) is 15.6 Å². The summed E-state index contributed by atoms with van der Waals surface area (Å²) in [4.78, 5) is 16.3. The van der Waals surface area contributed by atoms with Gasteiger partial charge in [0.05, 0.1) is 5.56 Å². The Labute approximate surface area is 153 Å². The van der Waals surface area contributed by atoms with Crippen LogP contribution in [0.25, 0.3) is 11.1 Å². The molecular weight excluding hydrogens is 379 g/mol.